The highest BCUT2D eigenvalue weighted by Crippen LogP contribution is 2.21. The molecule has 0 aromatic heterocycles. The van der Waals surface area contributed by atoms with Crippen LogP contribution in [-0.2, 0) is 11.3 Å². The van der Waals surface area contributed by atoms with Crippen LogP contribution in [0.25, 0.3) is 0 Å². The molecule has 2 aromatic rings. The molecule has 0 bridgehead atoms. The van der Waals surface area contributed by atoms with E-state index in [2.05, 4.69) is 11.0 Å². The number of nitrogens with zero attached hydrogens (tertiary/aromatic N) is 3. The molecule has 0 aliphatic carbocycles. The minimum Gasteiger partial charge on any atom is -0.341 e. The summed E-state index contributed by atoms with van der Waals surface area (Å²) in [4.78, 5) is 18.0. The fourth-order valence-corrected chi connectivity index (χ4v) is 4.02. The van der Waals surface area contributed by atoms with Crippen molar-refractivity contribution in [3.05, 3.63) is 64.7 Å². The number of rotatable bonds is 5. The summed E-state index contributed by atoms with van der Waals surface area (Å²) in [6.07, 6.45) is 0.980. The number of hydrogen-bond acceptors (Lipinski definition) is 4. The summed E-state index contributed by atoms with van der Waals surface area (Å²) in [6, 6.07) is 17.5. The Morgan fingerprint density at radius 2 is 1.78 bits per heavy atom. The Morgan fingerprint density at radius 1 is 1.04 bits per heavy atom. The molecule has 1 amide bonds. The van der Waals surface area contributed by atoms with Gasteiger partial charge in [-0.25, -0.2) is 0 Å². The number of carbonyl (C=O) groups excluding carboxylic acids is 1. The number of thioether (sulfide) groups is 1. The van der Waals surface area contributed by atoms with Crippen molar-refractivity contribution >= 4 is 29.3 Å². The Labute approximate surface area is 169 Å². The molecule has 0 N–H and O–H groups in total. The third-order valence-electron chi connectivity index (χ3n) is 4.61. The van der Waals surface area contributed by atoms with Crippen LogP contribution in [-0.4, -0.2) is 47.6 Å². The highest BCUT2D eigenvalue weighted by molar-refractivity contribution is 8.00. The highest BCUT2D eigenvalue weighted by atomic mass is 35.5. The average molecular weight is 400 g/mol. The Morgan fingerprint density at radius 3 is 2.48 bits per heavy atom. The maximum absolute atomic E-state index is 12.6. The third-order valence-corrected chi connectivity index (χ3v) is 5.86. The molecule has 1 heterocycles. The summed E-state index contributed by atoms with van der Waals surface area (Å²) in [5.41, 5.74) is 1.89. The summed E-state index contributed by atoms with van der Waals surface area (Å²) in [7, 11) is 0. The molecule has 1 fully saturated rings. The van der Waals surface area contributed by atoms with E-state index in [1.54, 1.807) is 11.8 Å². The Kier molecular flexibility index (Phi) is 7.17. The average Bonchev–Trinajstić information content (AvgIpc) is 2.93. The fourth-order valence-electron chi connectivity index (χ4n) is 3.09. The Hall–Kier alpha value is -2.00. The van der Waals surface area contributed by atoms with E-state index in [9.17, 15) is 4.79 Å². The van der Waals surface area contributed by atoms with Crippen molar-refractivity contribution in [1.82, 2.24) is 9.80 Å². The van der Waals surface area contributed by atoms with E-state index in [1.165, 1.54) is 5.56 Å². The van der Waals surface area contributed by atoms with Crippen LogP contribution < -0.4 is 0 Å². The smallest absolute Gasteiger partial charge is 0.232 e. The number of hydrogen-bond donors (Lipinski definition) is 0. The predicted octanol–water partition coefficient (Wildman–Crippen LogP) is 4.04. The molecule has 0 saturated carbocycles. The number of halogens is 1. The zero-order valence-corrected chi connectivity index (χ0v) is 16.7. The van der Waals surface area contributed by atoms with Gasteiger partial charge in [-0.15, -0.1) is 11.8 Å². The van der Waals surface area contributed by atoms with Gasteiger partial charge in [-0.2, -0.15) is 5.26 Å². The van der Waals surface area contributed by atoms with Gasteiger partial charge in [0.05, 0.1) is 17.4 Å². The second kappa shape index (κ2) is 9.80. The lowest BCUT2D eigenvalue weighted by atomic mass is 10.1. The predicted molar refractivity (Wildman–Crippen MR) is 110 cm³/mol. The summed E-state index contributed by atoms with van der Waals surface area (Å²) in [5, 5.41) is 9.60. The van der Waals surface area contributed by atoms with Gasteiger partial charge in [-0.1, -0.05) is 23.7 Å². The van der Waals surface area contributed by atoms with Crippen LogP contribution >= 0.6 is 23.4 Å². The van der Waals surface area contributed by atoms with Crippen LogP contribution in [0.2, 0.25) is 5.02 Å². The van der Waals surface area contributed by atoms with Gasteiger partial charge in [0.2, 0.25) is 5.91 Å². The van der Waals surface area contributed by atoms with Crippen LogP contribution in [0.3, 0.4) is 0 Å². The van der Waals surface area contributed by atoms with Gasteiger partial charge < -0.3 is 4.90 Å². The monoisotopic (exact) mass is 399 g/mol. The number of carbonyl (C=O) groups is 1. The van der Waals surface area contributed by atoms with E-state index in [0.717, 1.165) is 44.0 Å². The van der Waals surface area contributed by atoms with E-state index >= 15 is 0 Å². The zero-order valence-electron chi connectivity index (χ0n) is 15.1. The molecule has 1 saturated heterocycles. The molecule has 4 nitrogen and oxygen atoms in total. The second-order valence-electron chi connectivity index (χ2n) is 6.56. The van der Waals surface area contributed by atoms with E-state index in [4.69, 9.17) is 16.9 Å². The lowest BCUT2D eigenvalue weighted by Gasteiger charge is -2.22. The van der Waals surface area contributed by atoms with E-state index in [0.29, 0.717) is 16.3 Å². The van der Waals surface area contributed by atoms with Crippen LogP contribution in [0.15, 0.2) is 53.4 Å². The lowest BCUT2D eigenvalue weighted by molar-refractivity contribution is -0.128. The first kappa shape index (κ1) is 19.8. The van der Waals surface area contributed by atoms with Crippen molar-refractivity contribution in [2.24, 2.45) is 0 Å². The van der Waals surface area contributed by atoms with Crippen LogP contribution in [0.1, 0.15) is 17.5 Å². The first-order valence-electron chi connectivity index (χ1n) is 9.01. The minimum absolute atomic E-state index is 0.190. The lowest BCUT2D eigenvalue weighted by Crippen LogP contribution is -2.36. The van der Waals surface area contributed by atoms with E-state index in [-0.39, 0.29) is 5.91 Å². The molecular weight excluding hydrogens is 378 g/mol. The van der Waals surface area contributed by atoms with Gasteiger partial charge in [0.1, 0.15) is 0 Å². The standard InChI is InChI=1S/C21H22ClN3OS/c22-19-6-8-20(9-7-19)27-16-21(26)25-11-1-10-24(12-13-25)15-18-4-2-17(14-23)3-5-18/h2-9H,1,10-13,15-16H2. The van der Waals surface area contributed by atoms with Gasteiger partial charge in [0.25, 0.3) is 0 Å². The Bertz CT molecular complexity index is 802. The maximum atomic E-state index is 12.6. The maximum Gasteiger partial charge on any atom is 0.232 e. The molecule has 3 rings (SSSR count). The molecule has 27 heavy (non-hydrogen) atoms. The van der Waals surface area contributed by atoms with Crippen molar-refractivity contribution in [1.29, 1.82) is 5.26 Å². The summed E-state index contributed by atoms with van der Waals surface area (Å²) in [6.45, 7) is 4.28. The number of nitriles is 1. The first-order valence-corrected chi connectivity index (χ1v) is 10.4. The van der Waals surface area contributed by atoms with Crippen molar-refractivity contribution in [3.8, 4) is 6.07 Å². The first-order chi connectivity index (χ1) is 13.1. The molecule has 0 unspecified atom stereocenters. The molecule has 0 atom stereocenters. The zero-order chi connectivity index (χ0) is 19.1. The third kappa shape index (κ3) is 6.00. The van der Waals surface area contributed by atoms with Crippen molar-refractivity contribution in [3.63, 3.8) is 0 Å². The minimum atomic E-state index is 0.190. The van der Waals surface area contributed by atoms with Crippen LogP contribution in [0.5, 0.6) is 0 Å². The summed E-state index contributed by atoms with van der Waals surface area (Å²) in [5.74, 6) is 0.646. The highest BCUT2D eigenvalue weighted by Gasteiger charge is 2.19. The molecule has 0 spiro atoms. The normalized spacial score (nSPS) is 15.2. The molecule has 1 aliphatic heterocycles. The van der Waals surface area contributed by atoms with Crippen molar-refractivity contribution in [2.45, 2.75) is 17.9 Å². The quantitative estimate of drug-likeness (QED) is 0.712. The van der Waals surface area contributed by atoms with Gasteiger partial charge in [-0.05, 0) is 48.4 Å². The van der Waals surface area contributed by atoms with Gasteiger partial charge in [-0.3, -0.25) is 9.69 Å². The SMILES string of the molecule is N#Cc1ccc(CN2CCCN(C(=O)CSc3ccc(Cl)cc3)CC2)cc1. The van der Waals surface area contributed by atoms with E-state index in [1.807, 2.05) is 53.4 Å². The molecule has 2 aromatic carbocycles. The van der Waals surface area contributed by atoms with Gasteiger partial charge in [0.15, 0.2) is 0 Å². The van der Waals surface area contributed by atoms with Crippen LogP contribution in [0, 0.1) is 11.3 Å². The largest absolute Gasteiger partial charge is 0.341 e. The molecular formula is C21H22ClN3OS. The fraction of sp³-hybridized carbons (Fsp3) is 0.333. The van der Waals surface area contributed by atoms with Crippen molar-refractivity contribution < 1.29 is 4.79 Å². The molecule has 140 valence electrons. The second-order valence-corrected chi connectivity index (χ2v) is 8.05. The van der Waals surface area contributed by atoms with E-state index < -0.39 is 0 Å². The number of benzene rings is 2. The number of amides is 1. The van der Waals surface area contributed by atoms with Crippen LogP contribution in [0.4, 0.5) is 0 Å². The molecule has 0 radical (unpaired) electrons. The topological polar surface area (TPSA) is 47.3 Å². The van der Waals surface area contributed by atoms with Gasteiger partial charge >= 0.3 is 0 Å². The summed E-state index contributed by atoms with van der Waals surface area (Å²) < 4.78 is 0. The van der Waals surface area contributed by atoms with Gasteiger partial charge in [0, 0.05) is 42.6 Å². The molecule has 1 aliphatic rings. The van der Waals surface area contributed by atoms with Crippen molar-refractivity contribution in [2.75, 3.05) is 31.9 Å². The Balaban J connectivity index is 1.47. The molecule has 6 heteroatoms. The summed E-state index contributed by atoms with van der Waals surface area (Å²) >= 11 is 7.45.